The summed E-state index contributed by atoms with van der Waals surface area (Å²) in [6.07, 6.45) is 2.01. The van der Waals surface area contributed by atoms with Crippen molar-refractivity contribution in [2.45, 2.75) is 4.90 Å². The third kappa shape index (κ3) is 4.02. The summed E-state index contributed by atoms with van der Waals surface area (Å²) in [6, 6.07) is 7.41. The fourth-order valence-electron chi connectivity index (χ4n) is 1.57. The van der Waals surface area contributed by atoms with Crippen molar-refractivity contribution < 1.29 is 12.8 Å². The van der Waals surface area contributed by atoms with Crippen LogP contribution in [0.1, 0.15) is 5.56 Å². The quantitative estimate of drug-likeness (QED) is 0.838. The number of sulfonamides is 1. The summed E-state index contributed by atoms with van der Waals surface area (Å²) in [6.45, 7) is 0.213. The molecular formula is C14H12FN3O2S. The molecule has 0 unspecified atom stereocenters. The Morgan fingerprint density at radius 3 is 2.81 bits per heavy atom. The van der Waals surface area contributed by atoms with Gasteiger partial charge in [-0.1, -0.05) is 17.9 Å². The second kappa shape index (κ2) is 6.35. The zero-order valence-electron chi connectivity index (χ0n) is 10.9. The fraction of sp³-hybridized carbons (Fsp3) is 0.0714. The van der Waals surface area contributed by atoms with Gasteiger partial charge in [-0.05, 0) is 24.3 Å². The van der Waals surface area contributed by atoms with E-state index in [0.29, 0.717) is 11.3 Å². The lowest BCUT2D eigenvalue weighted by atomic mass is 10.2. The number of nitrogens with zero attached hydrogens (tertiary/aromatic N) is 1. The van der Waals surface area contributed by atoms with E-state index in [1.165, 1.54) is 0 Å². The van der Waals surface area contributed by atoms with E-state index in [-0.39, 0.29) is 11.4 Å². The molecule has 1 heterocycles. The van der Waals surface area contributed by atoms with Crippen LogP contribution in [0, 0.1) is 17.7 Å². The molecule has 0 bridgehead atoms. The lowest BCUT2D eigenvalue weighted by Gasteiger charge is -2.08. The van der Waals surface area contributed by atoms with E-state index >= 15 is 0 Å². The minimum absolute atomic E-state index is 0.213. The highest BCUT2D eigenvalue weighted by molar-refractivity contribution is 7.92. The van der Waals surface area contributed by atoms with E-state index in [0.717, 1.165) is 18.5 Å². The Labute approximate surface area is 122 Å². The van der Waals surface area contributed by atoms with Gasteiger partial charge in [-0.3, -0.25) is 9.71 Å². The summed E-state index contributed by atoms with van der Waals surface area (Å²) in [5.74, 6) is 4.75. The van der Waals surface area contributed by atoms with Crippen LogP contribution < -0.4 is 10.5 Å². The first-order chi connectivity index (χ1) is 10.0. The third-order valence-corrected chi connectivity index (χ3v) is 3.79. The molecule has 1 aromatic heterocycles. The van der Waals surface area contributed by atoms with Crippen LogP contribution in [0.25, 0.3) is 0 Å². The van der Waals surface area contributed by atoms with Crippen molar-refractivity contribution in [3.63, 3.8) is 0 Å². The molecule has 0 aliphatic heterocycles. The molecule has 2 rings (SSSR count). The maximum absolute atomic E-state index is 13.1. The maximum atomic E-state index is 13.1. The van der Waals surface area contributed by atoms with E-state index in [2.05, 4.69) is 21.5 Å². The number of nitrogens with one attached hydrogen (secondary N) is 1. The number of aromatic nitrogens is 1. The van der Waals surface area contributed by atoms with Gasteiger partial charge in [0.25, 0.3) is 10.0 Å². The Hall–Kier alpha value is -2.43. The molecule has 0 saturated carbocycles. The van der Waals surface area contributed by atoms with Crippen LogP contribution >= 0.6 is 0 Å². The number of pyridine rings is 1. The average Bonchev–Trinajstić information content (AvgIpc) is 2.45. The average molecular weight is 305 g/mol. The van der Waals surface area contributed by atoms with Crippen molar-refractivity contribution in [3.8, 4) is 11.8 Å². The maximum Gasteiger partial charge on any atom is 0.263 e. The summed E-state index contributed by atoms with van der Waals surface area (Å²) in [7, 11) is -3.90. The van der Waals surface area contributed by atoms with Crippen molar-refractivity contribution in [2.75, 3.05) is 11.3 Å². The molecule has 3 N–H and O–H groups in total. The van der Waals surface area contributed by atoms with Crippen LogP contribution in [0.4, 0.5) is 10.1 Å². The lowest BCUT2D eigenvalue weighted by Crippen LogP contribution is -2.13. The minimum Gasteiger partial charge on any atom is -0.320 e. The van der Waals surface area contributed by atoms with E-state index < -0.39 is 15.8 Å². The fourth-order valence-corrected chi connectivity index (χ4v) is 2.59. The number of hydrogen-bond donors (Lipinski definition) is 2. The second-order valence-electron chi connectivity index (χ2n) is 4.03. The first-order valence-corrected chi connectivity index (χ1v) is 7.42. The number of benzene rings is 1. The minimum atomic E-state index is -3.90. The van der Waals surface area contributed by atoms with Crippen LogP contribution in [0.2, 0.25) is 0 Å². The van der Waals surface area contributed by atoms with Crippen LogP contribution in [-0.2, 0) is 10.0 Å². The molecule has 2 aromatic rings. The molecule has 0 amide bonds. The van der Waals surface area contributed by atoms with E-state index in [1.54, 1.807) is 24.3 Å². The summed E-state index contributed by atoms with van der Waals surface area (Å²) in [5, 5.41) is 0. The van der Waals surface area contributed by atoms with Crippen molar-refractivity contribution in [3.05, 3.63) is 54.1 Å². The number of hydrogen-bond acceptors (Lipinski definition) is 4. The van der Waals surface area contributed by atoms with Crippen molar-refractivity contribution in [1.29, 1.82) is 0 Å². The Kier molecular flexibility index (Phi) is 4.52. The number of halogens is 1. The van der Waals surface area contributed by atoms with Gasteiger partial charge in [0.05, 0.1) is 18.4 Å². The summed E-state index contributed by atoms with van der Waals surface area (Å²) < 4.78 is 39.6. The first kappa shape index (κ1) is 15.0. The predicted molar refractivity (Wildman–Crippen MR) is 77.4 cm³/mol. The Balaban J connectivity index is 2.29. The van der Waals surface area contributed by atoms with Crippen LogP contribution in [0.15, 0.2) is 47.6 Å². The SMILES string of the molecule is NCC#Cc1cccc(NS(=O)(=O)c2cncc(F)c2)c1. The highest BCUT2D eigenvalue weighted by Gasteiger charge is 2.15. The number of rotatable bonds is 3. The smallest absolute Gasteiger partial charge is 0.263 e. The monoisotopic (exact) mass is 305 g/mol. The summed E-state index contributed by atoms with van der Waals surface area (Å²) >= 11 is 0. The van der Waals surface area contributed by atoms with Gasteiger partial charge in [-0.25, -0.2) is 12.8 Å². The Bertz CT molecular complexity index is 810. The first-order valence-electron chi connectivity index (χ1n) is 5.93. The van der Waals surface area contributed by atoms with Crippen molar-refractivity contribution >= 4 is 15.7 Å². The van der Waals surface area contributed by atoms with Crippen molar-refractivity contribution in [2.24, 2.45) is 5.73 Å². The highest BCUT2D eigenvalue weighted by atomic mass is 32.2. The predicted octanol–water partition coefficient (Wildman–Crippen LogP) is 1.33. The Morgan fingerprint density at radius 1 is 1.29 bits per heavy atom. The molecule has 0 fully saturated rings. The summed E-state index contributed by atoms with van der Waals surface area (Å²) in [4.78, 5) is 3.27. The second-order valence-corrected chi connectivity index (χ2v) is 5.71. The number of nitrogens with two attached hydrogens (primary N) is 1. The largest absolute Gasteiger partial charge is 0.320 e. The molecule has 0 spiro atoms. The normalized spacial score (nSPS) is 10.6. The highest BCUT2D eigenvalue weighted by Crippen LogP contribution is 2.16. The van der Waals surface area contributed by atoms with Gasteiger partial charge < -0.3 is 5.73 Å². The molecular weight excluding hydrogens is 293 g/mol. The lowest BCUT2D eigenvalue weighted by molar-refractivity contribution is 0.592. The zero-order chi connectivity index (χ0) is 15.3. The number of anilines is 1. The van der Waals surface area contributed by atoms with E-state index in [4.69, 9.17) is 5.73 Å². The van der Waals surface area contributed by atoms with Gasteiger partial charge >= 0.3 is 0 Å². The molecule has 0 aliphatic rings. The summed E-state index contributed by atoms with van der Waals surface area (Å²) in [5.41, 5.74) is 6.22. The standard InChI is InChI=1S/C14H12FN3O2S/c15-12-8-14(10-17-9-12)21(19,20)18-13-5-1-3-11(7-13)4-2-6-16/h1,3,5,7-10,18H,6,16H2. The Morgan fingerprint density at radius 2 is 2.10 bits per heavy atom. The van der Waals surface area contributed by atoms with Gasteiger partial charge in [-0.15, -0.1) is 0 Å². The van der Waals surface area contributed by atoms with E-state index in [9.17, 15) is 12.8 Å². The molecule has 0 radical (unpaired) electrons. The van der Waals surface area contributed by atoms with Crippen LogP contribution in [0.5, 0.6) is 0 Å². The van der Waals surface area contributed by atoms with E-state index in [1.807, 2.05) is 0 Å². The molecule has 7 heteroatoms. The molecule has 0 saturated heterocycles. The van der Waals surface area contributed by atoms with Gasteiger partial charge in [0, 0.05) is 11.8 Å². The molecule has 21 heavy (non-hydrogen) atoms. The molecule has 0 aliphatic carbocycles. The van der Waals surface area contributed by atoms with Crippen LogP contribution in [-0.4, -0.2) is 19.9 Å². The zero-order valence-corrected chi connectivity index (χ0v) is 11.7. The van der Waals surface area contributed by atoms with Gasteiger partial charge in [0.2, 0.25) is 0 Å². The van der Waals surface area contributed by atoms with Gasteiger partial charge in [0.15, 0.2) is 0 Å². The topological polar surface area (TPSA) is 85.1 Å². The molecule has 1 aromatic carbocycles. The molecule has 108 valence electrons. The molecule has 5 nitrogen and oxygen atoms in total. The van der Waals surface area contributed by atoms with Gasteiger partial charge in [0.1, 0.15) is 10.7 Å². The van der Waals surface area contributed by atoms with Crippen LogP contribution in [0.3, 0.4) is 0 Å². The third-order valence-electron chi connectivity index (χ3n) is 2.44. The molecule has 0 atom stereocenters. The van der Waals surface area contributed by atoms with Gasteiger partial charge in [-0.2, -0.15) is 0 Å². The van der Waals surface area contributed by atoms with Crippen molar-refractivity contribution in [1.82, 2.24) is 4.98 Å².